The summed E-state index contributed by atoms with van der Waals surface area (Å²) in [6.45, 7) is 3.89. The maximum absolute atomic E-state index is 12.6. The van der Waals surface area contributed by atoms with Gasteiger partial charge in [0.1, 0.15) is 0 Å². The van der Waals surface area contributed by atoms with Crippen LogP contribution in [0.2, 0.25) is 0 Å². The van der Waals surface area contributed by atoms with E-state index in [4.69, 9.17) is 0 Å². The zero-order valence-electron chi connectivity index (χ0n) is 10.3. The van der Waals surface area contributed by atoms with E-state index >= 15 is 0 Å². The highest BCUT2D eigenvalue weighted by molar-refractivity contribution is 5.88. The number of hydrogen-bond donors (Lipinski definition) is 2. The Morgan fingerprint density at radius 3 is 2.17 bits per heavy atom. The van der Waals surface area contributed by atoms with Crippen LogP contribution in [0.25, 0.3) is 0 Å². The van der Waals surface area contributed by atoms with Gasteiger partial charge < -0.3 is 15.2 Å². The number of hydrogen-bond acceptors (Lipinski definition) is 4. The zero-order valence-corrected chi connectivity index (χ0v) is 10.3. The van der Waals surface area contributed by atoms with E-state index in [9.17, 15) is 27.9 Å². The molecule has 0 aliphatic rings. The molecule has 0 unspecified atom stereocenters. The molecule has 0 fully saturated rings. The van der Waals surface area contributed by atoms with Gasteiger partial charge in [0.25, 0.3) is 0 Å². The Bertz CT molecular complexity index is 319. The minimum Gasteiger partial charge on any atom is -0.462 e. The van der Waals surface area contributed by atoms with Crippen LogP contribution in [-0.2, 0) is 14.3 Å². The molecule has 0 saturated carbocycles. The molecule has 0 saturated heterocycles. The monoisotopic (exact) mass is 271 g/mol. The largest absolute Gasteiger partial charge is 0.462 e. The first-order valence-corrected chi connectivity index (χ1v) is 5.38. The summed E-state index contributed by atoms with van der Waals surface area (Å²) in [5.41, 5.74) is -4.01. The van der Waals surface area contributed by atoms with Gasteiger partial charge >= 0.3 is 17.9 Å². The minimum absolute atomic E-state index is 0.266. The van der Waals surface area contributed by atoms with Gasteiger partial charge in [-0.05, 0) is 13.3 Å². The maximum atomic E-state index is 12.6. The average Bonchev–Trinajstić information content (AvgIpc) is 2.26. The lowest BCUT2D eigenvalue weighted by atomic mass is 10.1. The number of carbonyl (C=O) groups is 2. The number of nitrogens with one attached hydrogen (secondary N) is 1. The van der Waals surface area contributed by atoms with Crippen molar-refractivity contribution >= 4 is 11.9 Å². The van der Waals surface area contributed by atoms with Gasteiger partial charge in [0.05, 0.1) is 6.61 Å². The van der Waals surface area contributed by atoms with E-state index < -0.39 is 29.7 Å². The van der Waals surface area contributed by atoms with E-state index in [-0.39, 0.29) is 13.0 Å². The molecule has 0 radical (unpaired) electrons. The van der Waals surface area contributed by atoms with Crippen LogP contribution in [0.4, 0.5) is 13.2 Å². The topological polar surface area (TPSA) is 75.6 Å². The van der Waals surface area contributed by atoms with E-state index in [1.165, 1.54) is 19.2 Å². The number of alkyl halides is 3. The Labute approximate surface area is 102 Å². The molecule has 18 heavy (non-hydrogen) atoms. The fourth-order valence-electron chi connectivity index (χ4n) is 0.960. The molecule has 0 aliphatic carbocycles. The Hall–Kier alpha value is -1.31. The van der Waals surface area contributed by atoms with Crippen molar-refractivity contribution in [2.45, 2.75) is 39.1 Å². The summed E-state index contributed by atoms with van der Waals surface area (Å²) >= 11 is 0. The van der Waals surface area contributed by atoms with Gasteiger partial charge in [0.2, 0.25) is 5.91 Å². The molecular formula is C10H16F3NO4. The molecule has 1 amide bonds. The number of carbonyl (C=O) groups excluding carboxylic acids is 2. The molecule has 2 atom stereocenters. The molecule has 0 aliphatic heterocycles. The molecule has 0 aromatic heterocycles. The molecule has 0 bridgehead atoms. The third-order valence-electron chi connectivity index (χ3n) is 2.35. The summed E-state index contributed by atoms with van der Waals surface area (Å²) < 4.78 is 42.0. The summed E-state index contributed by atoms with van der Waals surface area (Å²) in [6.07, 6.45) is -5.09. The quantitative estimate of drug-likeness (QED) is 0.577. The van der Waals surface area contributed by atoms with Crippen LogP contribution in [0.1, 0.15) is 27.2 Å². The Morgan fingerprint density at radius 2 is 1.83 bits per heavy atom. The normalized spacial score (nSPS) is 16.6. The SMILES string of the molecule is CCOC(=O)[C@@](O)(NC(=O)[C@@H](C)CC)C(F)(F)F. The van der Waals surface area contributed by atoms with Crippen molar-refractivity contribution in [1.29, 1.82) is 0 Å². The fourth-order valence-corrected chi connectivity index (χ4v) is 0.960. The lowest BCUT2D eigenvalue weighted by Crippen LogP contribution is -2.65. The van der Waals surface area contributed by atoms with Crippen molar-refractivity contribution in [3.63, 3.8) is 0 Å². The minimum atomic E-state index is -5.36. The molecule has 0 aromatic rings. The van der Waals surface area contributed by atoms with Gasteiger partial charge in [0, 0.05) is 5.92 Å². The van der Waals surface area contributed by atoms with E-state index in [0.717, 1.165) is 0 Å². The first kappa shape index (κ1) is 16.7. The second kappa shape index (κ2) is 6.03. The summed E-state index contributed by atoms with van der Waals surface area (Å²) in [4.78, 5) is 22.5. The Balaban J connectivity index is 5.14. The highest BCUT2D eigenvalue weighted by Crippen LogP contribution is 2.29. The first-order chi connectivity index (χ1) is 8.10. The first-order valence-electron chi connectivity index (χ1n) is 5.38. The summed E-state index contributed by atoms with van der Waals surface area (Å²) in [7, 11) is 0. The summed E-state index contributed by atoms with van der Waals surface area (Å²) in [6, 6.07) is 0. The van der Waals surface area contributed by atoms with Crippen LogP contribution in [-0.4, -0.2) is 35.5 Å². The van der Waals surface area contributed by atoms with Crippen LogP contribution in [0.15, 0.2) is 0 Å². The van der Waals surface area contributed by atoms with E-state index in [2.05, 4.69) is 4.74 Å². The fraction of sp³-hybridized carbons (Fsp3) is 0.800. The van der Waals surface area contributed by atoms with Gasteiger partial charge in [0.15, 0.2) is 0 Å². The van der Waals surface area contributed by atoms with Crippen molar-refractivity contribution in [1.82, 2.24) is 5.32 Å². The molecule has 106 valence electrons. The third kappa shape index (κ3) is 3.59. The maximum Gasteiger partial charge on any atom is 0.448 e. The van der Waals surface area contributed by atoms with Crippen LogP contribution in [0, 0.1) is 5.92 Å². The van der Waals surface area contributed by atoms with Crippen molar-refractivity contribution in [3.05, 3.63) is 0 Å². The smallest absolute Gasteiger partial charge is 0.448 e. The van der Waals surface area contributed by atoms with Crippen LogP contribution < -0.4 is 5.32 Å². The number of aliphatic hydroxyl groups is 1. The van der Waals surface area contributed by atoms with Crippen molar-refractivity contribution in [3.8, 4) is 0 Å². The van der Waals surface area contributed by atoms with Crippen molar-refractivity contribution < 1.29 is 32.6 Å². The number of ether oxygens (including phenoxy) is 1. The molecule has 0 rings (SSSR count). The van der Waals surface area contributed by atoms with E-state index in [0.29, 0.717) is 0 Å². The lowest BCUT2D eigenvalue weighted by Gasteiger charge is -2.29. The number of halogens is 3. The van der Waals surface area contributed by atoms with Crippen molar-refractivity contribution in [2.75, 3.05) is 6.61 Å². The van der Waals surface area contributed by atoms with Crippen LogP contribution in [0.5, 0.6) is 0 Å². The van der Waals surface area contributed by atoms with Gasteiger partial charge in [-0.3, -0.25) is 4.79 Å². The molecule has 0 spiro atoms. The predicted octanol–water partition coefficient (Wildman–Crippen LogP) is 0.963. The lowest BCUT2D eigenvalue weighted by molar-refractivity contribution is -0.271. The Kier molecular flexibility index (Phi) is 5.59. The number of rotatable bonds is 5. The predicted molar refractivity (Wildman–Crippen MR) is 55.2 cm³/mol. The second-order valence-electron chi connectivity index (χ2n) is 3.73. The highest BCUT2D eigenvalue weighted by Gasteiger charge is 2.62. The van der Waals surface area contributed by atoms with Gasteiger partial charge in [-0.15, -0.1) is 0 Å². The average molecular weight is 271 g/mol. The van der Waals surface area contributed by atoms with Gasteiger partial charge in [-0.25, -0.2) is 4.79 Å². The van der Waals surface area contributed by atoms with E-state index in [1.807, 2.05) is 0 Å². The third-order valence-corrected chi connectivity index (χ3v) is 2.35. The number of esters is 1. The summed E-state index contributed by atoms with van der Waals surface area (Å²) in [5, 5.41) is 10.6. The molecule has 0 heterocycles. The molecule has 5 nitrogen and oxygen atoms in total. The molecule has 8 heteroatoms. The van der Waals surface area contributed by atoms with Crippen LogP contribution in [0.3, 0.4) is 0 Å². The standard InChI is InChI=1S/C10H16F3NO4/c1-4-6(3)7(15)14-9(17,10(11,12)13)8(16)18-5-2/h6,17H,4-5H2,1-3H3,(H,14,15)/t6-,9-/m0/s1. The molecule has 0 aromatic carbocycles. The number of amides is 1. The summed E-state index contributed by atoms with van der Waals surface area (Å²) in [5.74, 6) is -3.80. The molecular weight excluding hydrogens is 255 g/mol. The van der Waals surface area contributed by atoms with Crippen molar-refractivity contribution in [2.24, 2.45) is 5.92 Å². The highest BCUT2D eigenvalue weighted by atomic mass is 19.4. The Morgan fingerprint density at radius 1 is 1.33 bits per heavy atom. The second-order valence-corrected chi connectivity index (χ2v) is 3.73. The van der Waals surface area contributed by atoms with Gasteiger partial charge in [-0.2, -0.15) is 13.2 Å². The van der Waals surface area contributed by atoms with E-state index in [1.54, 1.807) is 6.92 Å². The van der Waals surface area contributed by atoms with Crippen LogP contribution >= 0.6 is 0 Å². The zero-order chi connectivity index (χ0) is 14.6. The molecule has 2 N–H and O–H groups in total. The van der Waals surface area contributed by atoms with Gasteiger partial charge in [-0.1, -0.05) is 13.8 Å².